The molecule has 0 saturated carbocycles. The van der Waals surface area contributed by atoms with E-state index in [9.17, 15) is 4.79 Å². The quantitative estimate of drug-likeness (QED) is 0.563. The van der Waals surface area contributed by atoms with Gasteiger partial charge in [0, 0.05) is 13.0 Å². The minimum absolute atomic E-state index is 0.213. The van der Waals surface area contributed by atoms with E-state index in [-0.39, 0.29) is 6.61 Å². The van der Waals surface area contributed by atoms with Crippen LogP contribution in [0.4, 0.5) is 0 Å². The molecule has 0 heterocycles. The number of carbonyl (C=O) groups excluding carboxylic acids is 1. The molecule has 0 aromatic carbocycles. The van der Waals surface area contributed by atoms with Crippen LogP contribution in [-0.4, -0.2) is 18.0 Å². The second-order valence-corrected chi connectivity index (χ2v) is 2.20. The van der Waals surface area contributed by atoms with Crippen molar-refractivity contribution in [1.82, 2.24) is 0 Å². The van der Waals surface area contributed by atoms with Crippen molar-refractivity contribution in [2.24, 2.45) is 5.92 Å². The number of carbonyl (C=O) groups is 1. The predicted octanol–water partition coefficient (Wildman–Crippen LogP) is 0.984. The van der Waals surface area contributed by atoms with E-state index in [0.717, 1.165) is 19.1 Å². The molecule has 1 atom stereocenters. The molecule has 0 aliphatic rings. The Labute approximate surface area is 55.9 Å². The van der Waals surface area contributed by atoms with Gasteiger partial charge in [-0.25, -0.2) is 0 Å². The summed E-state index contributed by atoms with van der Waals surface area (Å²) in [7, 11) is 0. The average molecular weight is 130 g/mol. The first-order valence-electron chi connectivity index (χ1n) is 3.39. The van der Waals surface area contributed by atoms with Gasteiger partial charge in [-0.05, 0) is 12.3 Å². The maximum Gasteiger partial charge on any atom is 0.120 e. The van der Waals surface area contributed by atoms with Crippen LogP contribution in [0.2, 0.25) is 0 Å². The maximum absolute atomic E-state index is 9.86. The summed E-state index contributed by atoms with van der Waals surface area (Å²) in [6.45, 7) is 2.23. The Bertz CT molecular complexity index is 67.3. The van der Waals surface area contributed by atoms with E-state index in [0.29, 0.717) is 12.3 Å². The van der Waals surface area contributed by atoms with Gasteiger partial charge in [0.15, 0.2) is 0 Å². The Morgan fingerprint density at radius 3 is 2.67 bits per heavy atom. The zero-order valence-corrected chi connectivity index (χ0v) is 5.84. The molecular formula is C7H14O2. The van der Waals surface area contributed by atoms with E-state index in [4.69, 9.17) is 5.11 Å². The third kappa shape index (κ3) is 4.15. The number of hydrogen-bond acceptors (Lipinski definition) is 2. The van der Waals surface area contributed by atoms with Crippen molar-refractivity contribution in [3.63, 3.8) is 0 Å². The number of aldehydes is 1. The first-order chi connectivity index (χ1) is 4.35. The van der Waals surface area contributed by atoms with Crippen molar-refractivity contribution >= 4 is 6.29 Å². The lowest BCUT2D eigenvalue weighted by Gasteiger charge is -2.06. The third-order valence-corrected chi connectivity index (χ3v) is 1.53. The summed E-state index contributed by atoms with van der Waals surface area (Å²) < 4.78 is 0. The van der Waals surface area contributed by atoms with Gasteiger partial charge in [0.1, 0.15) is 6.29 Å². The molecule has 2 nitrogen and oxygen atoms in total. The molecule has 9 heavy (non-hydrogen) atoms. The van der Waals surface area contributed by atoms with E-state index in [1.165, 1.54) is 0 Å². The van der Waals surface area contributed by atoms with Crippen molar-refractivity contribution in [1.29, 1.82) is 0 Å². The summed E-state index contributed by atoms with van der Waals surface area (Å²) in [5.74, 6) is 0.329. The van der Waals surface area contributed by atoms with Crippen molar-refractivity contribution in [2.45, 2.75) is 26.2 Å². The molecule has 0 bridgehead atoms. The highest BCUT2D eigenvalue weighted by Crippen LogP contribution is 2.07. The highest BCUT2D eigenvalue weighted by Gasteiger charge is 2.01. The fourth-order valence-electron chi connectivity index (χ4n) is 0.728. The van der Waals surface area contributed by atoms with Gasteiger partial charge in [0.25, 0.3) is 0 Å². The van der Waals surface area contributed by atoms with E-state index in [1.54, 1.807) is 0 Å². The minimum atomic E-state index is 0.213. The van der Waals surface area contributed by atoms with Crippen molar-refractivity contribution in [2.75, 3.05) is 6.61 Å². The fraction of sp³-hybridized carbons (Fsp3) is 0.857. The minimum Gasteiger partial charge on any atom is -0.396 e. The van der Waals surface area contributed by atoms with Crippen LogP contribution in [0.25, 0.3) is 0 Å². The fourth-order valence-corrected chi connectivity index (χ4v) is 0.728. The lowest BCUT2D eigenvalue weighted by Crippen LogP contribution is -2.03. The molecule has 0 aliphatic heterocycles. The SMILES string of the molecule is CCC(CO)CCC=O. The van der Waals surface area contributed by atoms with Crippen LogP contribution < -0.4 is 0 Å². The zero-order chi connectivity index (χ0) is 7.11. The van der Waals surface area contributed by atoms with E-state index >= 15 is 0 Å². The molecular weight excluding hydrogens is 116 g/mol. The summed E-state index contributed by atoms with van der Waals surface area (Å²) in [4.78, 5) is 9.86. The van der Waals surface area contributed by atoms with Crippen molar-refractivity contribution < 1.29 is 9.90 Å². The molecule has 0 spiro atoms. The largest absolute Gasteiger partial charge is 0.396 e. The Morgan fingerprint density at radius 1 is 1.67 bits per heavy atom. The molecule has 0 aromatic rings. The highest BCUT2D eigenvalue weighted by molar-refractivity contribution is 5.49. The Morgan fingerprint density at radius 2 is 2.33 bits per heavy atom. The summed E-state index contributed by atoms with van der Waals surface area (Å²) >= 11 is 0. The van der Waals surface area contributed by atoms with Gasteiger partial charge in [0.2, 0.25) is 0 Å². The molecule has 0 saturated heterocycles. The lowest BCUT2D eigenvalue weighted by atomic mass is 10.0. The van der Waals surface area contributed by atoms with E-state index in [2.05, 4.69) is 0 Å². The number of aliphatic hydroxyl groups is 1. The smallest absolute Gasteiger partial charge is 0.120 e. The third-order valence-electron chi connectivity index (χ3n) is 1.53. The predicted molar refractivity (Wildman–Crippen MR) is 36.2 cm³/mol. The van der Waals surface area contributed by atoms with Crippen LogP contribution in [0.5, 0.6) is 0 Å². The average Bonchev–Trinajstić information content (AvgIpc) is 1.91. The van der Waals surface area contributed by atoms with Gasteiger partial charge < -0.3 is 9.90 Å². The molecule has 0 amide bonds. The molecule has 1 unspecified atom stereocenters. The van der Waals surface area contributed by atoms with Gasteiger partial charge in [-0.3, -0.25) is 0 Å². The van der Waals surface area contributed by atoms with Crippen LogP contribution in [0.15, 0.2) is 0 Å². The maximum atomic E-state index is 9.86. The Balaban J connectivity index is 3.19. The van der Waals surface area contributed by atoms with E-state index < -0.39 is 0 Å². The summed E-state index contributed by atoms with van der Waals surface area (Å²) in [6.07, 6.45) is 3.28. The Kier molecular flexibility index (Phi) is 5.52. The monoisotopic (exact) mass is 130 g/mol. The second kappa shape index (κ2) is 5.76. The van der Waals surface area contributed by atoms with Crippen LogP contribution in [0, 0.1) is 5.92 Å². The van der Waals surface area contributed by atoms with Crippen LogP contribution >= 0.6 is 0 Å². The van der Waals surface area contributed by atoms with Crippen LogP contribution in [0.3, 0.4) is 0 Å². The summed E-state index contributed by atoms with van der Waals surface area (Å²) in [6, 6.07) is 0. The molecule has 54 valence electrons. The first-order valence-corrected chi connectivity index (χ1v) is 3.39. The number of aliphatic hydroxyl groups excluding tert-OH is 1. The lowest BCUT2D eigenvalue weighted by molar-refractivity contribution is -0.108. The first kappa shape index (κ1) is 8.63. The molecule has 1 N–H and O–H groups in total. The van der Waals surface area contributed by atoms with Gasteiger partial charge in [0.05, 0.1) is 0 Å². The highest BCUT2D eigenvalue weighted by atomic mass is 16.3. The topological polar surface area (TPSA) is 37.3 Å². The molecule has 0 aliphatic carbocycles. The van der Waals surface area contributed by atoms with Crippen molar-refractivity contribution in [3.05, 3.63) is 0 Å². The zero-order valence-electron chi connectivity index (χ0n) is 5.84. The summed E-state index contributed by atoms with van der Waals surface area (Å²) in [5, 5.41) is 8.64. The molecule has 0 rings (SSSR count). The van der Waals surface area contributed by atoms with Gasteiger partial charge in [-0.1, -0.05) is 13.3 Å². The normalized spacial score (nSPS) is 13.1. The molecule has 2 heteroatoms. The van der Waals surface area contributed by atoms with Gasteiger partial charge >= 0.3 is 0 Å². The number of hydrogen-bond donors (Lipinski definition) is 1. The molecule has 0 fully saturated rings. The van der Waals surface area contributed by atoms with Crippen LogP contribution in [0.1, 0.15) is 26.2 Å². The Hall–Kier alpha value is -0.370. The second-order valence-electron chi connectivity index (χ2n) is 2.20. The number of rotatable bonds is 5. The molecule has 0 radical (unpaired) electrons. The van der Waals surface area contributed by atoms with Crippen LogP contribution in [-0.2, 0) is 4.79 Å². The summed E-state index contributed by atoms with van der Waals surface area (Å²) in [5.41, 5.74) is 0. The standard InChI is InChI=1S/C7H14O2/c1-2-7(6-9)4-3-5-8/h5,7,9H,2-4,6H2,1H3. The molecule has 0 aromatic heterocycles. The van der Waals surface area contributed by atoms with Gasteiger partial charge in [-0.2, -0.15) is 0 Å². The van der Waals surface area contributed by atoms with Gasteiger partial charge in [-0.15, -0.1) is 0 Å². The van der Waals surface area contributed by atoms with Crippen molar-refractivity contribution in [3.8, 4) is 0 Å². The van der Waals surface area contributed by atoms with E-state index in [1.807, 2.05) is 6.92 Å².